The molecular formula is C16H15ClIN3O3. The van der Waals surface area contributed by atoms with Crippen molar-refractivity contribution in [1.82, 2.24) is 15.8 Å². The highest BCUT2D eigenvalue weighted by atomic mass is 127. The number of halogens is 2. The minimum absolute atomic E-state index is 0.00317. The lowest BCUT2D eigenvalue weighted by molar-refractivity contribution is -0.130. The van der Waals surface area contributed by atoms with Crippen molar-refractivity contribution in [2.45, 2.75) is 13.3 Å². The number of amides is 2. The molecule has 1 saturated carbocycles. The van der Waals surface area contributed by atoms with Crippen LogP contribution in [0.3, 0.4) is 0 Å². The van der Waals surface area contributed by atoms with Crippen molar-refractivity contribution in [2.75, 3.05) is 6.61 Å². The molecule has 1 aliphatic carbocycles. The molecule has 2 N–H and O–H groups in total. The molecule has 0 aliphatic heterocycles. The maximum Gasteiger partial charge on any atom is 0.276 e. The fraction of sp³-hybridized carbons (Fsp3) is 0.312. The first kappa shape index (κ1) is 17.2. The van der Waals surface area contributed by atoms with E-state index in [9.17, 15) is 9.59 Å². The van der Waals surface area contributed by atoms with Crippen molar-refractivity contribution in [2.24, 2.45) is 11.8 Å². The molecule has 1 aromatic carbocycles. The van der Waals surface area contributed by atoms with Crippen LogP contribution in [0, 0.1) is 15.4 Å². The summed E-state index contributed by atoms with van der Waals surface area (Å²) < 4.78 is 6.36. The first-order valence-electron chi connectivity index (χ1n) is 7.41. The zero-order valence-corrected chi connectivity index (χ0v) is 15.7. The van der Waals surface area contributed by atoms with Crippen LogP contribution >= 0.6 is 34.2 Å². The van der Waals surface area contributed by atoms with Gasteiger partial charge in [0.05, 0.1) is 8.59 Å². The van der Waals surface area contributed by atoms with E-state index < -0.39 is 5.91 Å². The zero-order valence-electron chi connectivity index (χ0n) is 12.8. The van der Waals surface area contributed by atoms with E-state index >= 15 is 0 Å². The Morgan fingerprint density at radius 2 is 2.21 bits per heavy atom. The number of pyridine rings is 1. The standard InChI is InChI=1S/C16H15ClIN3O3/c1-8-5-10(8)16(23)21-20-13(22)7-24-15-12(18)6-11(17)9-3-2-4-19-14(9)15/h2-4,6,8,10H,5,7H2,1H3,(H,20,22)(H,21,23)/t8-,10+/m0/s1. The largest absolute Gasteiger partial charge is 0.480 e. The predicted octanol–water partition coefficient (Wildman–Crippen LogP) is 2.68. The monoisotopic (exact) mass is 459 g/mol. The summed E-state index contributed by atoms with van der Waals surface area (Å²) in [5.41, 5.74) is 5.37. The molecule has 0 unspecified atom stereocenters. The van der Waals surface area contributed by atoms with Gasteiger partial charge in [-0.3, -0.25) is 25.4 Å². The summed E-state index contributed by atoms with van der Waals surface area (Å²) in [5, 5.41) is 1.33. The summed E-state index contributed by atoms with van der Waals surface area (Å²) in [6.45, 7) is 1.76. The number of ether oxygens (including phenoxy) is 1. The summed E-state index contributed by atoms with van der Waals surface area (Å²) in [6.07, 6.45) is 2.50. The van der Waals surface area contributed by atoms with Gasteiger partial charge >= 0.3 is 0 Å². The molecule has 2 atom stereocenters. The van der Waals surface area contributed by atoms with Crippen molar-refractivity contribution in [3.05, 3.63) is 33.0 Å². The molecule has 0 spiro atoms. The van der Waals surface area contributed by atoms with E-state index in [1.165, 1.54) is 0 Å². The molecule has 126 valence electrons. The summed E-state index contributed by atoms with van der Waals surface area (Å²) >= 11 is 8.28. The molecule has 3 rings (SSSR count). The minimum atomic E-state index is -0.438. The summed E-state index contributed by atoms with van der Waals surface area (Å²) in [5.74, 6) is 0.270. The van der Waals surface area contributed by atoms with E-state index in [1.807, 2.05) is 13.0 Å². The number of hydrogen-bond acceptors (Lipinski definition) is 4. The smallest absolute Gasteiger partial charge is 0.276 e. The van der Waals surface area contributed by atoms with Crippen LogP contribution in [-0.4, -0.2) is 23.4 Å². The summed E-state index contributed by atoms with van der Waals surface area (Å²) in [6, 6.07) is 5.38. The lowest BCUT2D eigenvalue weighted by Gasteiger charge is -2.12. The van der Waals surface area contributed by atoms with Crippen LogP contribution in [0.2, 0.25) is 5.02 Å². The molecule has 2 aromatic rings. The number of hydrazine groups is 1. The van der Waals surface area contributed by atoms with Gasteiger partial charge in [0.2, 0.25) is 5.91 Å². The lowest BCUT2D eigenvalue weighted by Crippen LogP contribution is -2.44. The minimum Gasteiger partial charge on any atom is -0.480 e. The van der Waals surface area contributed by atoms with Gasteiger partial charge in [-0.1, -0.05) is 18.5 Å². The Bertz CT molecular complexity index is 814. The molecule has 0 bridgehead atoms. The van der Waals surface area contributed by atoms with Crippen LogP contribution in [0.4, 0.5) is 0 Å². The number of benzene rings is 1. The topological polar surface area (TPSA) is 80.3 Å². The van der Waals surface area contributed by atoms with Gasteiger partial charge in [-0.2, -0.15) is 0 Å². The van der Waals surface area contributed by atoms with Crippen LogP contribution in [0.25, 0.3) is 10.9 Å². The second-order valence-corrected chi connectivity index (χ2v) is 7.28. The van der Waals surface area contributed by atoms with Crippen LogP contribution in [0.5, 0.6) is 5.75 Å². The number of rotatable bonds is 4. The average Bonchev–Trinajstić information content (AvgIpc) is 3.29. The van der Waals surface area contributed by atoms with Crippen molar-refractivity contribution in [1.29, 1.82) is 0 Å². The number of hydrogen-bond donors (Lipinski definition) is 2. The molecule has 0 radical (unpaired) electrons. The second kappa shape index (κ2) is 7.10. The van der Waals surface area contributed by atoms with E-state index in [4.69, 9.17) is 16.3 Å². The van der Waals surface area contributed by atoms with Crippen molar-refractivity contribution < 1.29 is 14.3 Å². The van der Waals surface area contributed by atoms with Crippen molar-refractivity contribution in [3.63, 3.8) is 0 Å². The van der Waals surface area contributed by atoms with Gasteiger partial charge in [-0.05, 0) is 53.1 Å². The first-order chi connectivity index (χ1) is 11.5. The van der Waals surface area contributed by atoms with E-state index in [0.717, 1.165) is 15.4 Å². The average molecular weight is 460 g/mol. The Morgan fingerprint density at radius 1 is 1.46 bits per heavy atom. The quantitative estimate of drug-likeness (QED) is 0.544. The third kappa shape index (κ3) is 3.72. The molecule has 0 saturated heterocycles. The fourth-order valence-corrected chi connectivity index (χ4v) is 3.54. The Hall–Kier alpha value is -1.61. The van der Waals surface area contributed by atoms with E-state index in [1.54, 1.807) is 18.3 Å². The van der Waals surface area contributed by atoms with Crippen molar-refractivity contribution in [3.8, 4) is 5.75 Å². The molecule has 1 heterocycles. The molecule has 1 fully saturated rings. The number of carbonyl (C=O) groups excluding carboxylic acids is 2. The number of nitrogens with zero attached hydrogens (tertiary/aromatic N) is 1. The maximum absolute atomic E-state index is 11.9. The number of fused-ring (bicyclic) bond motifs is 1. The molecule has 6 nitrogen and oxygen atoms in total. The molecule has 1 aromatic heterocycles. The van der Waals surface area contributed by atoms with Gasteiger partial charge in [-0.25, -0.2) is 0 Å². The van der Waals surface area contributed by atoms with Crippen LogP contribution in [0.15, 0.2) is 24.4 Å². The first-order valence-corrected chi connectivity index (χ1v) is 8.87. The third-order valence-electron chi connectivity index (χ3n) is 3.87. The SMILES string of the molecule is C[C@H]1C[C@H]1C(=O)NNC(=O)COc1c(I)cc(Cl)c2cccnc12. The van der Waals surface area contributed by atoms with Gasteiger partial charge in [0, 0.05) is 17.5 Å². The highest BCUT2D eigenvalue weighted by Gasteiger charge is 2.39. The van der Waals surface area contributed by atoms with Gasteiger partial charge < -0.3 is 4.74 Å². The molecule has 8 heteroatoms. The Kier molecular flexibility index (Phi) is 5.09. The Morgan fingerprint density at radius 3 is 2.92 bits per heavy atom. The highest BCUT2D eigenvalue weighted by Crippen LogP contribution is 2.37. The molecule has 1 aliphatic rings. The van der Waals surface area contributed by atoms with Gasteiger partial charge in [0.25, 0.3) is 5.91 Å². The molecular weight excluding hydrogens is 445 g/mol. The van der Waals surface area contributed by atoms with Gasteiger partial charge in [0.1, 0.15) is 5.52 Å². The fourth-order valence-electron chi connectivity index (χ4n) is 2.37. The van der Waals surface area contributed by atoms with Crippen LogP contribution in [0.1, 0.15) is 13.3 Å². The molecule has 2 amide bonds. The Balaban J connectivity index is 1.63. The lowest BCUT2D eigenvalue weighted by atomic mass is 10.2. The highest BCUT2D eigenvalue weighted by molar-refractivity contribution is 14.1. The second-order valence-electron chi connectivity index (χ2n) is 5.71. The Labute approximate surface area is 157 Å². The predicted molar refractivity (Wildman–Crippen MR) is 98.5 cm³/mol. The van der Waals surface area contributed by atoms with Crippen molar-refractivity contribution >= 4 is 56.9 Å². The van der Waals surface area contributed by atoms with E-state index in [0.29, 0.717) is 22.2 Å². The summed E-state index contributed by atoms with van der Waals surface area (Å²) in [7, 11) is 0. The number of nitrogens with one attached hydrogen (secondary N) is 2. The van der Waals surface area contributed by atoms with Crippen LogP contribution < -0.4 is 15.6 Å². The van der Waals surface area contributed by atoms with E-state index in [2.05, 4.69) is 38.4 Å². The normalized spacial score (nSPS) is 19.0. The van der Waals surface area contributed by atoms with E-state index in [-0.39, 0.29) is 18.4 Å². The van der Waals surface area contributed by atoms with Gasteiger partial charge in [-0.15, -0.1) is 0 Å². The summed E-state index contributed by atoms with van der Waals surface area (Å²) in [4.78, 5) is 27.8. The van der Waals surface area contributed by atoms with Gasteiger partial charge in [0.15, 0.2) is 12.4 Å². The maximum atomic E-state index is 11.9. The van der Waals surface area contributed by atoms with Crippen LogP contribution in [-0.2, 0) is 9.59 Å². The number of carbonyl (C=O) groups is 2. The number of aromatic nitrogens is 1. The zero-order chi connectivity index (χ0) is 17.3. The molecule has 24 heavy (non-hydrogen) atoms. The third-order valence-corrected chi connectivity index (χ3v) is 4.98.